The summed E-state index contributed by atoms with van der Waals surface area (Å²) in [7, 11) is -3.45. The van der Waals surface area contributed by atoms with E-state index in [-0.39, 0.29) is 21.5 Å². The van der Waals surface area contributed by atoms with E-state index in [1.807, 2.05) is 6.07 Å². The Bertz CT molecular complexity index is 609. The highest BCUT2D eigenvalue weighted by Gasteiger charge is 2.25. The average molecular weight is 300 g/mol. The minimum Gasteiger partial charge on any atom is -0.396 e. The molecule has 104 valence electrons. The van der Waals surface area contributed by atoms with Crippen LogP contribution in [0.3, 0.4) is 0 Å². The van der Waals surface area contributed by atoms with Gasteiger partial charge in [-0.3, -0.25) is 0 Å². The first kappa shape index (κ1) is 14.1. The third-order valence-electron chi connectivity index (χ3n) is 3.05. The molecule has 1 fully saturated rings. The topological polar surface area (TPSA) is 108 Å². The van der Waals surface area contributed by atoms with E-state index in [0.29, 0.717) is 5.00 Å². The molecule has 1 aromatic heterocycles. The molecule has 0 unspecified atom stereocenters. The molecule has 1 saturated heterocycles. The zero-order valence-corrected chi connectivity index (χ0v) is 12.2. The van der Waals surface area contributed by atoms with Crippen molar-refractivity contribution < 1.29 is 8.42 Å². The summed E-state index contributed by atoms with van der Waals surface area (Å²) >= 11 is 1.11. The minimum atomic E-state index is -3.45. The molecule has 0 radical (unpaired) electrons. The Morgan fingerprint density at radius 1 is 1.47 bits per heavy atom. The Morgan fingerprint density at radius 2 is 2.11 bits per heavy atom. The Kier molecular flexibility index (Phi) is 3.99. The monoisotopic (exact) mass is 300 g/mol. The number of nitrogen functional groups attached to an aromatic ring is 1. The van der Waals surface area contributed by atoms with Crippen LogP contribution in [0.2, 0.25) is 0 Å². The van der Waals surface area contributed by atoms with Gasteiger partial charge in [-0.1, -0.05) is 0 Å². The maximum absolute atomic E-state index is 11.8. The van der Waals surface area contributed by atoms with Crippen molar-refractivity contribution >= 4 is 31.9 Å². The zero-order valence-electron chi connectivity index (χ0n) is 10.6. The molecule has 0 aliphatic carbocycles. The molecule has 4 N–H and O–H groups in total. The van der Waals surface area contributed by atoms with Crippen molar-refractivity contribution in [2.24, 2.45) is 0 Å². The highest BCUT2D eigenvalue weighted by molar-refractivity contribution is 7.91. The van der Waals surface area contributed by atoms with E-state index in [2.05, 4.69) is 10.6 Å². The first-order valence-corrected chi connectivity index (χ1v) is 8.64. The molecule has 1 aliphatic heterocycles. The van der Waals surface area contributed by atoms with Crippen molar-refractivity contribution in [3.05, 3.63) is 4.88 Å². The lowest BCUT2D eigenvalue weighted by Crippen LogP contribution is -2.35. The largest absolute Gasteiger partial charge is 0.396 e. The predicted octanol–water partition coefficient (Wildman–Crippen LogP) is 0.769. The fourth-order valence-corrected chi connectivity index (χ4v) is 4.56. The summed E-state index contributed by atoms with van der Waals surface area (Å²) in [6.45, 7) is 1.80. The van der Waals surface area contributed by atoms with Gasteiger partial charge in [0.2, 0.25) is 0 Å². The van der Waals surface area contributed by atoms with Crippen LogP contribution in [-0.4, -0.2) is 33.8 Å². The van der Waals surface area contributed by atoms with Crippen LogP contribution in [0.4, 0.5) is 10.7 Å². The van der Waals surface area contributed by atoms with Gasteiger partial charge < -0.3 is 16.4 Å². The molecule has 2 rings (SSSR count). The molecular weight excluding hydrogens is 284 g/mol. The number of piperidine rings is 1. The van der Waals surface area contributed by atoms with Gasteiger partial charge in [-0.25, -0.2) is 8.42 Å². The van der Waals surface area contributed by atoms with Gasteiger partial charge in [0.25, 0.3) is 0 Å². The van der Waals surface area contributed by atoms with Crippen LogP contribution in [0.5, 0.6) is 0 Å². The number of hydrogen-bond acceptors (Lipinski definition) is 7. The van der Waals surface area contributed by atoms with Crippen molar-refractivity contribution in [2.45, 2.75) is 23.8 Å². The second kappa shape index (κ2) is 5.36. The fraction of sp³-hybridized carbons (Fsp3) is 0.545. The second-order valence-electron chi connectivity index (χ2n) is 4.56. The number of hydrogen-bond donors (Lipinski definition) is 3. The summed E-state index contributed by atoms with van der Waals surface area (Å²) in [4.78, 5) is 0.310. The highest BCUT2D eigenvalue weighted by atomic mass is 32.2. The summed E-state index contributed by atoms with van der Waals surface area (Å²) in [6.07, 6.45) is 2.95. The van der Waals surface area contributed by atoms with E-state index in [9.17, 15) is 8.42 Å². The lowest BCUT2D eigenvalue weighted by molar-refractivity contribution is 0.479. The number of rotatable bonds is 3. The molecule has 8 heteroatoms. The van der Waals surface area contributed by atoms with Gasteiger partial charge in [0.1, 0.15) is 20.8 Å². The summed E-state index contributed by atoms with van der Waals surface area (Å²) in [5.74, 6) is 0. The van der Waals surface area contributed by atoms with Crippen molar-refractivity contribution in [1.82, 2.24) is 5.32 Å². The molecule has 0 amide bonds. The standard InChI is InChI=1S/C11H16N4O2S2/c1-19(16,17)10-9(13)8(6-12)18-11(10)15-7-2-4-14-5-3-7/h7,14-15H,2-5,13H2,1H3. The number of nitrogens with one attached hydrogen (secondary N) is 2. The smallest absolute Gasteiger partial charge is 0.180 e. The predicted molar refractivity (Wildman–Crippen MR) is 76.1 cm³/mol. The van der Waals surface area contributed by atoms with Crippen LogP contribution in [-0.2, 0) is 9.84 Å². The van der Waals surface area contributed by atoms with Gasteiger partial charge in [-0.15, -0.1) is 11.3 Å². The number of nitrogens with two attached hydrogens (primary N) is 1. The van der Waals surface area contributed by atoms with E-state index in [0.717, 1.165) is 43.5 Å². The van der Waals surface area contributed by atoms with Gasteiger partial charge >= 0.3 is 0 Å². The molecule has 0 aromatic carbocycles. The molecule has 1 aliphatic rings. The molecule has 0 atom stereocenters. The van der Waals surface area contributed by atoms with Gasteiger partial charge in [0.05, 0.1) is 5.69 Å². The van der Waals surface area contributed by atoms with Crippen molar-refractivity contribution in [2.75, 3.05) is 30.4 Å². The van der Waals surface area contributed by atoms with E-state index >= 15 is 0 Å². The van der Waals surface area contributed by atoms with Gasteiger partial charge in [0.15, 0.2) is 9.84 Å². The number of nitriles is 1. The van der Waals surface area contributed by atoms with E-state index in [1.165, 1.54) is 0 Å². The maximum atomic E-state index is 11.8. The third-order valence-corrected chi connectivity index (χ3v) is 5.38. The van der Waals surface area contributed by atoms with Crippen LogP contribution in [0, 0.1) is 11.3 Å². The van der Waals surface area contributed by atoms with Crippen LogP contribution < -0.4 is 16.4 Å². The number of thiophene rings is 1. The normalized spacial score (nSPS) is 17.1. The lowest BCUT2D eigenvalue weighted by Gasteiger charge is -2.24. The first-order chi connectivity index (χ1) is 8.93. The van der Waals surface area contributed by atoms with Crippen LogP contribution in [0.25, 0.3) is 0 Å². The highest BCUT2D eigenvalue weighted by Crippen LogP contribution is 2.39. The summed E-state index contributed by atoms with van der Waals surface area (Å²) in [5, 5.41) is 15.9. The Labute approximate surface area is 116 Å². The van der Waals surface area contributed by atoms with Gasteiger partial charge in [0, 0.05) is 12.3 Å². The van der Waals surface area contributed by atoms with Crippen molar-refractivity contribution in [1.29, 1.82) is 5.26 Å². The average Bonchev–Trinajstić information content (AvgIpc) is 2.66. The zero-order chi connectivity index (χ0) is 14.0. The van der Waals surface area contributed by atoms with Crippen LogP contribution >= 0.6 is 11.3 Å². The van der Waals surface area contributed by atoms with Gasteiger partial charge in [-0.05, 0) is 25.9 Å². The molecule has 1 aromatic rings. The first-order valence-electron chi connectivity index (χ1n) is 5.93. The maximum Gasteiger partial charge on any atom is 0.180 e. The van der Waals surface area contributed by atoms with E-state index in [1.54, 1.807) is 0 Å². The Balaban J connectivity index is 2.36. The molecule has 2 heterocycles. The summed E-state index contributed by atoms with van der Waals surface area (Å²) in [6, 6.07) is 2.16. The third kappa shape index (κ3) is 3.00. The SMILES string of the molecule is CS(=O)(=O)c1c(NC2CCNCC2)sc(C#N)c1N. The Hall–Kier alpha value is -1.30. The van der Waals surface area contributed by atoms with Crippen LogP contribution in [0.15, 0.2) is 4.90 Å². The van der Waals surface area contributed by atoms with E-state index in [4.69, 9.17) is 11.0 Å². The molecular formula is C11H16N4O2S2. The summed E-state index contributed by atoms with van der Waals surface area (Å²) < 4.78 is 23.6. The van der Waals surface area contributed by atoms with Crippen molar-refractivity contribution in [3.8, 4) is 6.07 Å². The number of anilines is 2. The number of sulfone groups is 1. The summed E-state index contributed by atoms with van der Waals surface area (Å²) in [5.41, 5.74) is 5.82. The van der Waals surface area contributed by atoms with Crippen molar-refractivity contribution in [3.63, 3.8) is 0 Å². The molecule has 19 heavy (non-hydrogen) atoms. The fourth-order valence-electron chi connectivity index (χ4n) is 2.13. The van der Waals surface area contributed by atoms with E-state index < -0.39 is 9.84 Å². The minimum absolute atomic E-state index is 0.0615. The van der Waals surface area contributed by atoms with Gasteiger partial charge in [-0.2, -0.15) is 5.26 Å². The quantitative estimate of drug-likeness (QED) is 0.761. The van der Waals surface area contributed by atoms with Crippen LogP contribution in [0.1, 0.15) is 17.7 Å². The molecule has 0 saturated carbocycles. The Morgan fingerprint density at radius 3 is 2.63 bits per heavy atom. The molecule has 0 spiro atoms. The molecule has 0 bridgehead atoms. The molecule has 6 nitrogen and oxygen atoms in total. The lowest BCUT2D eigenvalue weighted by atomic mass is 10.1. The number of nitrogens with zero attached hydrogens (tertiary/aromatic N) is 1. The second-order valence-corrected chi connectivity index (χ2v) is 7.53.